The van der Waals surface area contributed by atoms with Crippen molar-refractivity contribution in [2.45, 2.75) is 12.5 Å². The van der Waals surface area contributed by atoms with E-state index in [1.165, 1.54) is 19.1 Å². The molecule has 0 radical (unpaired) electrons. The summed E-state index contributed by atoms with van der Waals surface area (Å²) in [4.78, 5) is 39.4. The molecule has 0 aliphatic carbocycles. The lowest BCUT2D eigenvalue weighted by Gasteiger charge is -2.26. The maximum atomic E-state index is 13.2. The predicted octanol–water partition coefficient (Wildman–Crippen LogP) is 4.04. The quantitative estimate of drug-likeness (QED) is 0.260. The number of hydrogen-bond donors (Lipinski definition) is 1. The fourth-order valence-corrected chi connectivity index (χ4v) is 3.99. The van der Waals surface area contributed by atoms with E-state index in [1.54, 1.807) is 78.9 Å². The van der Waals surface area contributed by atoms with Gasteiger partial charge in [0.25, 0.3) is 11.7 Å². The third-order valence-corrected chi connectivity index (χ3v) is 5.69. The zero-order valence-corrected chi connectivity index (χ0v) is 18.7. The Labute approximate surface area is 196 Å². The maximum Gasteiger partial charge on any atom is 0.309 e. The number of ether oxygens (including phenoxy) is 2. The third kappa shape index (κ3) is 4.28. The minimum absolute atomic E-state index is 0.0110. The Balaban J connectivity index is 1.85. The second-order valence-electron chi connectivity index (χ2n) is 7.73. The van der Waals surface area contributed by atoms with E-state index in [2.05, 4.69) is 0 Å². The molecule has 4 rings (SSSR count). The third-order valence-electron chi connectivity index (χ3n) is 5.69. The fourth-order valence-electron chi connectivity index (χ4n) is 3.99. The van der Waals surface area contributed by atoms with E-state index in [4.69, 9.17) is 9.47 Å². The molecule has 1 fully saturated rings. The maximum absolute atomic E-state index is 13.2. The first kappa shape index (κ1) is 22.8. The van der Waals surface area contributed by atoms with Gasteiger partial charge in [0, 0.05) is 11.3 Å². The minimum Gasteiger partial charge on any atom is -0.507 e. The molecule has 3 aromatic carbocycles. The highest BCUT2D eigenvalue weighted by atomic mass is 16.5. The van der Waals surface area contributed by atoms with Crippen LogP contribution in [0.2, 0.25) is 0 Å². The van der Waals surface area contributed by atoms with Crippen LogP contribution in [-0.2, 0) is 25.5 Å². The van der Waals surface area contributed by atoms with Crippen LogP contribution in [0.4, 0.5) is 5.69 Å². The molecule has 1 unspecified atom stereocenters. The Kier molecular flexibility index (Phi) is 6.45. The molecule has 1 aliphatic rings. The van der Waals surface area contributed by atoms with Crippen molar-refractivity contribution in [1.82, 2.24) is 0 Å². The Hall–Kier alpha value is -4.39. The SMILES string of the molecule is COC(=O)Cc1ccc(N2C(=O)C(=O)/C(=C(\O)c3ccccc3)C2c2cccc(OC)c2)cc1. The number of nitrogens with zero attached hydrogens (tertiary/aromatic N) is 1. The zero-order chi connectivity index (χ0) is 24.2. The fraction of sp³-hybridized carbons (Fsp3) is 0.148. The number of rotatable bonds is 6. The molecule has 172 valence electrons. The lowest BCUT2D eigenvalue weighted by Crippen LogP contribution is -2.29. The van der Waals surface area contributed by atoms with Gasteiger partial charge in [-0.2, -0.15) is 0 Å². The number of aliphatic hydroxyl groups excluding tert-OH is 1. The van der Waals surface area contributed by atoms with Crippen LogP contribution in [0.25, 0.3) is 5.76 Å². The molecule has 1 heterocycles. The van der Waals surface area contributed by atoms with Crippen molar-refractivity contribution >= 4 is 29.1 Å². The van der Waals surface area contributed by atoms with Gasteiger partial charge in [-0.3, -0.25) is 19.3 Å². The normalized spacial score (nSPS) is 17.0. The summed E-state index contributed by atoms with van der Waals surface area (Å²) in [5.41, 5.74) is 2.18. The summed E-state index contributed by atoms with van der Waals surface area (Å²) >= 11 is 0. The molecule has 0 aromatic heterocycles. The number of aliphatic hydroxyl groups is 1. The molecule has 1 amide bonds. The number of benzene rings is 3. The van der Waals surface area contributed by atoms with E-state index < -0.39 is 17.7 Å². The number of methoxy groups -OCH3 is 2. The molecular formula is C27H23NO6. The van der Waals surface area contributed by atoms with Crippen LogP contribution in [0, 0.1) is 0 Å². The van der Waals surface area contributed by atoms with Gasteiger partial charge >= 0.3 is 5.97 Å². The van der Waals surface area contributed by atoms with E-state index >= 15 is 0 Å². The average molecular weight is 457 g/mol. The van der Waals surface area contributed by atoms with Gasteiger partial charge in [0.05, 0.1) is 32.3 Å². The molecule has 1 atom stereocenters. The first-order chi connectivity index (χ1) is 16.4. The number of hydrogen-bond acceptors (Lipinski definition) is 6. The Bertz CT molecular complexity index is 1260. The van der Waals surface area contributed by atoms with Gasteiger partial charge in [0.1, 0.15) is 11.5 Å². The highest BCUT2D eigenvalue weighted by Gasteiger charge is 2.47. The monoisotopic (exact) mass is 457 g/mol. The average Bonchev–Trinajstić information content (AvgIpc) is 3.14. The Morgan fingerprint density at radius 1 is 0.941 bits per heavy atom. The van der Waals surface area contributed by atoms with Crippen LogP contribution in [0.3, 0.4) is 0 Å². The molecule has 0 bridgehead atoms. The number of amides is 1. The van der Waals surface area contributed by atoms with Crippen molar-refractivity contribution < 1.29 is 29.0 Å². The van der Waals surface area contributed by atoms with Crippen molar-refractivity contribution in [3.63, 3.8) is 0 Å². The molecule has 0 saturated carbocycles. The summed E-state index contributed by atoms with van der Waals surface area (Å²) in [7, 11) is 2.84. The first-order valence-corrected chi connectivity index (χ1v) is 10.6. The van der Waals surface area contributed by atoms with Gasteiger partial charge < -0.3 is 14.6 Å². The largest absolute Gasteiger partial charge is 0.507 e. The summed E-state index contributed by atoms with van der Waals surface area (Å²) in [5, 5.41) is 11.1. The van der Waals surface area contributed by atoms with Gasteiger partial charge in [0.15, 0.2) is 0 Å². The lowest BCUT2D eigenvalue weighted by atomic mass is 9.95. The summed E-state index contributed by atoms with van der Waals surface area (Å²) in [6.07, 6.45) is 0.0862. The molecule has 1 aliphatic heterocycles. The van der Waals surface area contributed by atoms with E-state index in [1.807, 2.05) is 0 Å². The lowest BCUT2D eigenvalue weighted by molar-refractivity contribution is -0.139. The van der Waals surface area contributed by atoms with Gasteiger partial charge in [-0.25, -0.2) is 0 Å². The van der Waals surface area contributed by atoms with E-state index in [0.29, 0.717) is 28.1 Å². The molecular weight excluding hydrogens is 434 g/mol. The molecule has 1 N–H and O–H groups in total. The highest BCUT2D eigenvalue weighted by Crippen LogP contribution is 2.42. The van der Waals surface area contributed by atoms with Crippen molar-refractivity contribution in [2.24, 2.45) is 0 Å². The van der Waals surface area contributed by atoms with Gasteiger partial charge in [-0.05, 0) is 35.4 Å². The topological polar surface area (TPSA) is 93.1 Å². The number of ketones is 1. The van der Waals surface area contributed by atoms with Crippen LogP contribution in [-0.4, -0.2) is 37.0 Å². The van der Waals surface area contributed by atoms with E-state index in [0.717, 1.165) is 0 Å². The van der Waals surface area contributed by atoms with E-state index in [-0.39, 0.29) is 23.7 Å². The van der Waals surface area contributed by atoms with Gasteiger partial charge in [0.2, 0.25) is 0 Å². The smallest absolute Gasteiger partial charge is 0.309 e. The zero-order valence-electron chi connectivity index (χ0n) is 18.7. The van der Waals surface area contributed by atoms with Gasteiger partial charge in [-0.1, -0.05) is 54.6 Å². The highest BCUT2D eigenvalue weighted by molar-refractivity contribution is 6.51. The van der Waals surface area contributed by atoms with Crippen molar-refractivity contribution in [1.29, 1.82) is 0 Å². The van der Waals surface area contributed by atoms with Crippen molar-refractivity contribution in [2.75, 3.05) is 19.1 Å². The standard InChI is InChI=1S/C27H23NO6/c1-33-21-10-6-9-19(16-21)24-23(25(30)18-7-4-3-5-8-18)26(31)27(32)28(24)20-13-11-17(12-14-20)15-22(29)34-2/h3-14,16,24,30H,15H2,1-2H3/b25-23-. The predicted molar refractivity (Wildman–Crippen MR) is 126 cm³/mol. The van der Waals surface area contributed by atoms with Crippen LogP contribution >= 0.6 is 0 Å². The Morgan fingerprint density at radius 2 is 1.65 bits per heavy atom. The van der Waals surface area contributed by atoms with Crippen LogP contribution < -0.4 is 9.64 Å². The summed E-state index contributed by atoms with van der Waals surface area (Å²) in [6, 6.07) is 21.5. The summed E-state index contributed by atoms with van der Waals surface area (Å²) < 4.78 is 10.0. The molecule has 1 saturated heterocycles. The molecule has 7 nitrogen and oxygen atoms in total. The second kappa shape index (κ2) is 9.62. The van der Waals surface area contributed by atoms with Crippen molar-refractivity contribution in [3.05, 3.63) is 101 Å². The summed E-state index contributed by atoms with van der Waals surface area (Å²) in [6.45, 7) is 0. The number of anilines is 1. The van der Waals surface area contributed by atoms with Crippen LogP contribution in [0.1, 0.15) is 22.7 Å². The molecule has 3 aromatic rings. The van der Waals surface area contributed by atoms with Crippen LogP contribution in [0.5, 0.6) is 5.75 Å². The Morgan fingerprint density at radius 3 is 2.29 bits per heavy atom. The number of esters is 1. The minimum atomic E-state index is -0.873. The first-order valence-electron chi connectivity index (χ1n) is 10.6. The van der Waals surface area contributed by atoms with E-state index in [9.17, 15) is 19.5 Å². The molecule has 7 heteroatoms. The molecule has 0 spiro atoms. The van der Waals surface area contributed by atoms with Crippen LogP contribution in [0.15, 0.2) is 84.4 Å². The summed E-state index contributed by atoms with van der Waals surface area (Å²) in [5.74, 6) is -1.63. The number of carbonyl (C=O) groups excluding carboxylic acids is 3. The number of carbonyl (C=O) groups is 3. The van der Waals surface area contributed by atoms with Crippen molar-refractivity contribution in [3.8, 4) is 5.75 Å². The van der Waals surface area contributed by atoms with Gasteiger partial charge in [-0.15, -0.1) is 0 Å². The second-order valence-corrected chi connectivity index (χ2v) is 7.73. The number of Topliss-reactive ketones (excluding diaryl/α,β-unsaturated/α-hetero) is 1. The molecule has 34 heavy (non-hydrogen) atoms.